The highest BCUT2D eigenvalue weighted by atomic mass is 16.4. The maximum atomic E-state index is 10.9. The Balaban J connectivity index is 3.37. The number of urea groups is 1. The zero-order valence-corrected chi connectivity index (χ0v) is 7.59. The molecule has 0 atom stereocenters. The second-order valence-electron chi connectivity index (χ2n) is 2.66. The third kappa shape index (κ3) is 8.39. The molecule has 0 aliphatic heterocycles. The second kappa shape index (κ2) is 6.05. The van der Waals surface area contributed by atoms with E-state index >= 15 is 0 Å². The van der Waals surface area contributed by atoms with E-state index in [-0.39, 0.29) is 12.5 Å². The van der Waals surface area contributed by atoms with E-state index in [2.05, 4.69) is 17.2 Å². The molecule has 2 amide bonds. The summed E-state index contributed by atoms with van der Waals surface area (Å²) in [6, 6.07) is -0.349. The molecule has 0 unspecified atom stereocenters. The van der Waals surface area contributed by atoms with Crippen LogP contribution < -0.4 is 10.6 Å². The van der Waals surface area contributed by atoms with Gasteiger partial charge >= 0.3 is 12.0 Å². The van der Waals surface area contributed by atoms with Gasteiger partial charge in [-0.1, -0.05) is 6.58 Å². The Morgan fingerprint density at radius 2 is 2.08 bits per heavy atom. The lowest BCUT2D eigenvalue weighted by atomic mass is 10.3. The molecule has 0 spiro atoms. The summed E-state index contributed by atoms with van der Waals surface area (Å²) >= 11 is 0. The summed E-state index contributed by atoms with van der Waals surface area (Å²) in [7, 11) is 0. The Morgan fingerprint density at radius 3 is 2.54 bits per heavy atom. The molecule has 0 saturated heterocycles. The third-order valence-electron chi connectivity index (χ3n) is 1.18. The summed E-state index contributed by atoms with van der Waals surface area (Å²) in [5.41, 5.74) is 0.552. The van der Waals surface area contributed by atoms with E-state index in [0.717, 1.165) is 0 Å². The van der Waals surface area contributed by atoms with Gasteiger partial charge in [-0.15, -0.1) is 0 Å². The van der Waals surface area contributed by atoms with Crippen molar-refractivity contribution in [2.45, 2.75) is 19.8 Å². The normalized spacial score (nSPS) is 9.00. The fourth-order valence-corrected chi connectivity index (χ4v) is 0.680. The van der Waals surface area contributed by atoms with Crippen LogP contribution in [-0.2, 0) is 4.79 Å². The number of allylic oxidation sites excluding steroid dienone is 1. The summed E-state index contributed by atoms with van der Waals surface area (Å²) in [6.45, 7) is 5.50. The largest absolute Gasteiger partial charge is 0.481 e. The minimum atomic E-state index is -0.859. The number of carbonyl (C=O) groups is 2. The van der Waals surface area contributed by atoms with E-state index in [4.69, 9.17) is 5.11 Å². The molecule has 0 rings (SSSR count). The van der Waals surface area contributed by atoms with Crippen molar-refractivity contribution in [3.63, 3.8) is 0 Å². The van der Waals surface area contributed by atoms with Crippen molar-refractivity contribution in [2.24, 2.45) is 0 Å². The molecule has 0 radical (unpaired) electrons. The Kier molecular flexibility index (Phi) is 5.34. The average Bonchev–Trinajstić information content (AvgIpc) is 1.96. The van der Waals surface area contributed by atoms with Gasteiger partial charge in [0.1, 0.15) is 0 Å². The first kappa shape index (κ1) is 11.5. The van der Waals surface area contributed by atoms with Crippen LogP contribution in [0.5, 0.6) is 0 Å². The zero-order chi connectivity index (χ0) is 10.3. The summed E-state index contributed by atoms with van der Waals surface area (Å²) in [4.78, 5) is 20.9. The number of rotatable bonds is 5. The van der Waals surface area contributed by atoms with Crippen molar-refractivity contribution in [3.8, 4) is 0 Å². The molecule has 5 heteroatoms. The zero-order valence-electron chi connectivity index (χ0n) is 7.59. The van der Waals surface area contributed by atoms with Crippen molar-refractivity contribution in [2.75, 3.05) is 6.54 Å². The van der Waals surface area contributed by atoms with E-state index in [0.29, 0.717) is 18.7 Å². The first-order valence-corrected chi connectivity index (χ1v) is 3.94. The van der Waals surface area contributed by atoms with E-state index in [1.165, 1.54) is 0 Å². The number of carbonyl (C=O) groups excluding carboxylic acids is 1. The maximum absolute atomic E-state index is 10.9. The fourth-order valence-electron chi connectivity index (χ4n) is 0.680. The quantitative estimate of drug-likeness (QED) is 0.552. The van der Waals surface area contributed by atoms with Crippen LogP contribution in [0.25, 0.3) is 0 Å². The van der Waals surface area contributed by atoms with Crippen molar-refractivity contribution in [1.82, 2.24) is 10.6 Å². The van der Waals surface area contributed by atoms with Crippen LogP contribution in [0.3, 0.4) is 0 Å². The molecule has 5 nitrogen and oxygen atoms in total. The smallest absolute Gasteiger partial charge is 0.318 e. The Hall–Kier alpha value is -1.52. The van der Waals surface area contributed by atoms with E-state index < -0.39 is 5.97 Å². The number of carboxylic acids is 1. The van der Waals surface area contributed by atoms with Crippen molar-refractivity contribution in [1.29, 1.82) is 0 Å². The van der Waals surface area contributed by atoms with Crippen molar-refractivity contribution >= 4 is 12.0 Å². The highest BCUT2D eigenvalue weighted by Gasteiger charge is 1.99. The summed E-state index contributed by atoms with van der Waals surface area (Å²) in [6.07, 6.45) is 0.492. The topological polar surface area (TPSA) is 78.4 Å². The molecule has 0 aromatic heterocycles. The molecule has 0 fully saturated rings. The molecule has 0 saturated carbocycles. The molecule has 0 heterocycles. The van der Waals surface area contributed by atoms with Gasteiger partial charge in [-0.3, -0.25) is 4.79 Å². The highest BCUT2D eigenvalue weighted by molar-refractivity contribution is 5.75. The Bertz CT molecular complexity index is 213. The van der Waals surface area contributed by atoms with E-state index in [1.807, 2.05) is 0 Å². The summed E-state index contributed by atoms with van der Waals surface area (Å²) < 4.78 is 0. The molecule has 0 aromatic rings. The van der Waals surface area contributed by atoms with E-state index in [1.54, 1.807) is 6.92 Å². The highest BCUT2D eigenvalue weighted by Crippen LogP contribution is 1.86. The number of carboxylic acid groups (broad SMARTS) is 1. The Labute approximate surface area is 76.8 Å². The number of amides is 2. The van der Waals surface area contributed by atoms with Gasteiger partial charge < -0.3 is 15.7 Å². The first-order valence-electron chi connectivity index (χ1n) is 3.94. The second-order valence-corrected chi connectivity index (χ2v) is 2.66. The number of aliphatic carboxylic acids is 1. The van der Waals surface area contributed by atoms with E-state index in [9.17, 15) is 9.59 Å². The van der Waals surface area contributed by atoms with Crippen LogP contribution in [0.15, 0.2) is 12.3 Å². The van der Waals surface area contributed by atoms with Gasteiger partial charge in [-0.2, -0.15) is 0 Å². The molecule has 0 bridgehead atoms. The van der Waals surface area contributed by atoms with Crippen LogP contribution in [0, 0.1) is 0 Å². The van der Waals surface area contributed by atoms with Gasteiger partial charge in [0.25, 0.3) is 0 Å². The van der Waals surface area contributed by atoms with Crippen LogP contribution in [-0.4, -0.2) is 23.7 Å². The lowest BCUT2D eigenvalue weighted by Gasteiger charge is -2.05. The maximum Gasteiger partial charge on any atom is 0.318 e. The average molecular weight is 186 g/mol. The lowest BCUT2D eigenvalue weighted by Crippen LogP contribution is -2.34. The van der Waals surface area contributed by atoms with Crippen LogP contribution in [0.1, 0.15) is 19.8 Å². The first-order chi connectivity index (χ1) is 6.02. The molecule has 3 N–H and O–H groups in total. The lowest BCUT2D eigenvalue weighted by molar-refractivity contribution is -0.137. The molecule has 0 aromatic carbocycles. The van der Waals surface area contributed by atoms with Gasteiger partial charge in [-0.25, -0.2) is 4.79 Å². The summed E-state index contributed by atoms with van der Waals surface area (Å²) in [5.74, 6) is -0.859. The van der Waals surface area contributed by atoms with Gasteiger partial charge in [0.2, 0.25) is 0 Å². The van der Waals surface area contributed by atoms with Gasteiger partial charge in [-0.05, 0) is 13.3 Å². The van der Waals surface area contributed by atoms with Gasteiger partial charge in [0.15, 0.2) is 0 Å². The predicted octanol–water partition coefficient (Wildman–Crippen LogP) is 0.684. The molecule has 74 valence electrons. The number of hydrogen-bond acceptors (Lipinski definition) is 2. The van der Waals surface area contributed by atoms with Crippen LogP contribution in [0.2, 0.25) is 0 Å². The monoisotopic (exact) mass is 186 g/mol. The SMILES string of the molecule is C=C(C)NC(=O)NCCCC(=O)O. The predicted molar refractivity (Wildman–Crippen MR) is 48.2 cm³/mol. The van der Waals surface area contributed by atoms with Gasteiger partial charge in [0, 0.05) is 18.7 Å². The molecule has 13 heavy (non-hydrogen) atoms. The van der Waals surface area contributed by atoms with Crippen molar-refractivity contribution < 1.29 is 14.7 Å². The Morgan fingerprint density at radius 1 is 1.46 bits per heavy atom. The number of hydrogen-bond donors (Lipinski definition) is 3. The van der Waals surface area contributed by atoms with Crippen molar-refractivity contribution in [3.05, 3.63) is 12.3 Å². The molecule has 0 aliphatic rings. The van der Waals surface area contributed by atoms with Crippen LogP contribution >= 0.6 is 0 Å². The molecular weight excluding hydrogens is 172 g/mol. The standard InChI is InChI=1S/C8H14N2O3/c1-6(2)10-8(13)9-5-3-4-7(11)12/h1,3-5H2,2H3,(H,11,12)(H2,9,10,13). The minimum absolute atomic E-state index is 0.0628. The van der Waals surface area contributed by atoms with Crippen LogP contribution in [0.4, 0.5) is 4.79 Å². The van der Waals surface area contributed by atoms with Gasteiger partial charge in [0.05, 0.1) is 0 Å². The third-order valence-corrected chi connectivity index (χ3v) is 1.18. The summed E-state index contributed by atoms with van der Waals surface area (Å²) in [5, 5.41) is 13.2. The molecular formula is C8H14N2O3. The fraction of sp³-hybridized carbons (Fsp3) is 0.500. The minimum Gasteiger partial charge on any atom is -0.481 e. The molecule has 0 aliphatic carbocycles. The number of nitrogens with one attached hydrogen (secondary N) is 2.